The molecule has 22 heavy (non-hydrogen) atoms. The summed E-state index contributed by atoms with van der Waals surface area (Å²) in [6.07, 6.45) is 0.824. The summed E-state index contributed by atoms with van der Waals surface area (Å²) in [6.45, 7) is 2.31. The highest BCUT2D eigenvalue weighted by Gasteiger charge is 2.12. The standard InChI is InChI=1S/C15H14N4O2S/c1-2-13-18-19-14(22-13)8-16-15(21)10-7-12(20)17-11-6-4-3-5-9(10)11/h3-7H,2,8H2,1H3,(H,16,21)(H,17,20). The molecule has 0 spiro atoms. The van der Waals surface area contributed by atoms with Gasteiger partial charge in [-0.3, -0.25) is 9.59 Å². The third kappa shape index (κ3) is 2.89. The number of fused-ring (bicyclic) bond motifs is 1. The van der Waals surface area contributed by atoms with E-state index < -0.39 is 0 Å². The number of aromatic amines is 1. The van der Waals surface area contributed by atoms with Crippen molar-refractivity contribution in [1.82, 2.24) is 20.5 Å². The molecule has 2 heterocycles. The van der Waals surface area contributed by atoms with Crippen LogP contribution in [0.5, 0.6) is 0 Å². The maximum Gasteiger partial charge on any atom is 0.252 e. The van der Waals surface area contributed by atoms with Crippen LogP contribution in [-0.4, -0.2) is 21.1 Å². The summed E-state index contributed by atoms with van der Waals surface area (Å²) in [6, 6.07) is 8.53. The highest BCUT2D eigenvalue weighted by atomic mass is 32.1. The molecule has 0 fully saturated rings. The fraction of sp³-hybridized carbons (Fsp3) is 0.200. The first-order valence-corrected chi connectivity index (χ1v) is 7.70. The van der Waals surface area contributed by atoms with Gasteiger partial charge in [0.15, 0.2) is 0 Å². The van der Waals surface area contributed by atoms with E-state index in [-0.39, 0.29) is 11.5 Å². The molecule has 0 aliphatic rings. The van der Waals surface area contributed by atoms with Crippen molar-refractivity contribution in [2.45, 2.75) is 19.9 Å². The average molecular weight is 314 g/mol. The van der Waals surface area contributed by atoms with Gasteiger partial charge >= 0.3 is 0 Å². The van der Waals surface area contributed by atoms with Gasteiger partial charge in [-0.2, -0.15) is 0 Å². The number of hydrogen-bond acceptors (Lipinski definition) is 5. The van der Waals surface area contributed by atoms with E-state index >= 15 is 0 Å². The maximum atomic E-state index is 12.4. The Morgan fingerprint density at radius 2 is 2.05 bits per heavy atom. The van der Waals surface area contributed by atoms with E-state index in [0.717, 1.165) is 16.4 Å². The van der Waals surface area contributed by atoms with Crippen LogP contribution >= 0.6 is 11.3 Å². The van der Waals surface area contributed by atoms with E-state index in [1.165, 1.54) is 17.4 Å². The first kappa shape index (κ1) is 14.4. The summed E-state index contributed by atoms with van der Waals surface area (Å²) in [4.78, 5) is 26.7. The van der Waals surface area contributed by atoms with Crippen molar-refractivity contribution in [3.05, 3.63) is 56.3 Å². The Labute approximate surface area is 130 Å². The number of carbonyl (C=O) groups excluding carboxylic acids is 1. The zero-order chi connectivity index (χ0) is 15.5. The Morgan fingerprint density at radius 3 is 2.82 bits per heavy atom. The van der Waals surface area contributed by atoms with Crippen molar-refractivity contribution >= 4 is 28.1 Å². The summed E-state index contributed by atoms with van der Waals surface area (Å²) >= 11 is 1.47. The molecule has 3 rings (SSSR count). The second-order valence-corrected chi connectivity index (χ2v) is 5.87. The minimum absolute atomic E-state index is 0.296. The number of hydrogen-bond donors (Lipinski definition) is 2. The normalized spacial score (nSPS) is 10.8. The van der Waals surface area contributed by atoms with Crippen LogP contribution < -0.4 is 10.9 Å². The van der Waals surface area contributed by atoms with Crippen molar-refractivity contribution in [3.8, 4) is 0 Å². The quantitative estimate of drug-likeness (QED) is 0.769. The van der Waals surface area contributed by atoms with E-state index in [0.29, 0.717) is 23.0 Å². The highest BCUT2D eigenvalue weighted by Crippen LogP contribution is 2.15. The summed E-state index contributed by atoms with van der Waals surface area (Å²) in [7, 11) is 0. The first-order chi connectivity index (χ1) is 10.7. The molecule has 2 N–H and O–H groups in total. The average Bonchev–Trinajstić information content (AvgIpc) is 2.99. The van der Waals surface area contributed by atoms with Gasteiger partial charge in [-0.1, -0.05) is 36.5 Å². The van der Waals surface area contributed by atoms with Gasteiger partial charge in [0, 0.05) is 17.0 Å². The molecule has 0 bridgehead atoms. The molecule has 0 saturated heterocycles. The van der Waals surface area contributed by atoms with Crippen LogP contribution in [-0.2, 0) is 13.0 Å². The lowest BCUT2D eigenvalue weighted by atomic mass is 10.1. The Balaban J connectivity index is 1.84. The van der Waals surface area contributed by atoms with Crippen LogP contribution in [0, 0.1) is 0 Å². The molecular weight excluding hydrogens is 300 g/mol. The number of nitrogens with one attached hydrogen (secondary N) is 2. The fourth-order valence-corrected chi connectivity index (χ4v) is 2.87. The van der Waals surface area contributed by atoms with Gasteiger partial charge in [-0.15, -0.1) is 10.2 Å². The van der Waals surface area contributed by atoms with E-state index in [2.05, 4.69) is 20.5 Å². The number of nitrogens with zero attached hydrogens (tertiary/aromatic N) is 2. The topological polar surface area (TPSA) is 87.7 Å². The van der Waals surface area contributed by atoms with Gasteiger partial charge in [0.05, 0.1) is 12.1 Å². The van der Waals surface area contributed by atoms with Crippen molar-refractivity contribution in [3.63, 3.8) is 0 Å². The van der Waals surface area contributed by atoms with Crippen molar-refractivity contribution < 1.29 is 4.79 Å². The molecule has 0 unspecified atom stereocenters. The second kappa shape index (κ2) is 6.07. The molecule has 6 nitrogen and oxygen atoms in total. The summed E-state index contributed by atoms with van der Waals surface area (Å²) in [5.74, 6) is -0.296. The predicted octanol–water partition coefficient (Wildman–Crippen LogP) is 1.87. The van der Waals surface area contributed by atoms with E-state index in [1.54, 1.807) is 12.1 Å². The van der Waals surface area contributed by atoms with Gasteiger partial charge in [-0.05, 0) is 12.5 Å². The second-order valence-electron chi connectivity index (χ2n) is 4.72. The van der Waals surface area contributed by atoms with Crippen molar-refractivity contribution in [1.29, 1.82) is 0 Å². The van der Waals surface area contributed by atoms with Crippen LogP contribution in [0.2, 0.25) is 0 Å². The summed E-state index contributed by atoms with van der Waals surface area (Å²) < 4.78 is 0. The number of H-pyrrole nitrogens is 1. The van der Waals surface area contributed by atoms with Crippen LogP contribution in [0.1, 0.15) is 27.3 Å². The molecule has 3 aromatic rings. The number of carbonyl (C=O) groups is 1. The van der Waals surface area contributed by atoms with E-state index in [1.807, 2.05) is 19.1 Å². The number of aryl methyl sites for hydroxylation is 1. The van der Waals surface area contributed by atoms with E-state index in [9.17, 15) is 9.59 Å². The zero-order valence-corrected chi connectivity index (χ0v) is 12.7. The maximum absolute atomic E-state index is 12.4. The van der Waals surface area contributed by atoms with Gasteiger partial charge in [-0.25, -0.2) is 0 Å². The summed E-state index contributed by atoms with van der Waals surface area (Å²) in [5, 5.41) is 13.2. The number of amides is 1. The van der Waals surface area contributed by atoms with E-state index in [4.69, 9.17) is 0 Å². The third-order valence-electron chi connectivity index (χ3n) is 3.21. The monoisotopic (exact) mass is 314 g/mol. The number of aromatic nitrogens is 3. The molecule has 112 valence electrons. The van der Waals surface area contributed by atoms with Crippen LogP contribution in [0.4, 0.5) is 0 Å². The first-order valence-electron chi connectivity index (χ1n) is 6.89. The molecule has 1 aromatic carbocycles. The number of rotatable bonds is 4. The summed E-state index contributed by atoms with van der Waals surface area (Å²) in [5.41, 5.74) is 0.706. The molecule has 0 saturated carbocycles. The van der Waals surface area contributed by atoms with Crippen molar-refractivity contribution in [2.75, 3.05) is 0 Å². The van der Waals surface area contributed by atoms with Gasteiger partial charge in [0.25, 0.3) is 5.91 Å². The largest absolute Gasteiger partial charge is 0.345 e. The number of para-hydroxylation sites is 1. The molecule has 0 atom stereocenters. The lowest BCUT2D eigenvalue weighted by molar-refractivity contribution is 0.0952. The minimum Gasteiger partial charge on any atom is -0.345 e. The fourth-order valence-electron chi connectivity index (χ4n) is 2.15. The Bertz CT molecular complexity index is 884. The molecule has 0 radical (unpaired) electrons. The molecule has 0 aliphatic heterocycles. The Morgan fingerprint density at radius 1 is 1.27 bits per heavy atom. The van der Waals surface area contributed by atoms with Crippen LogP contribution in [0.15, 0.2) is 35.1 Å². The van der Waals surface area contributed by atoms with Gasteiger partial charge in [0.2, 0.25) is 5.56 Å². The lowest BCUT2D eigenvalue weighted by Gasteiger charge is -2.06. The van der Waals surface area contributed by atoms with Crippen LogP contribution in [0.25, 0.3) is 10.9 Å². The molecule has 2 aromatic heterocycles. The number of benzene rings is 1. The van der Waals surface area contributed by atoms with Crippen LogP contribution in [0.3, 0.4) is 0 Å². The minimum atomic E-state index is -0.298. The number of pyridine rings is 1. The molecule has 7 heteroatoms. The zero-order valence-electron chi connectivity index (χ0n) is 11.9. The lowest BCUT2D eigenvalue weighted by Crippen LogP contribution is -2.24. The molecule has 0 aliphatic carbocycles. The highest BCUT2D eigenvalue weighted by molar-refractivity contribution is 7.11. The molecular formula is C15H14N4O2S. The van der Waals surface area contributed by atoms with Gasteiger partial charge < -0.3 is 10.3 Å². The SMILES string of the molecule is CCc1nnc(CNC(=O)c2cc(=O)[nH]c3ccccc23)s1. The Hall–Kier alpha value is -2.54. The van der Waals surface area contributed by atoms with Crippen molar-refractivity contribution in [2.24, 2.45) is 0 Å². The predicted molar refractivity (Wildman–Crippen MR) is 85.0 cm³/mol. The third-order valence-corrected chi connectivity index (χ3v) is 4.27. The molecule has 1 amide bonds. The Kier molecular flexibility index (Phi) is 3.97. The van der Waals surface area contributed by atoms with Gasteiger partial charge in [0.1, 0.15) is 10.0 Å². The smallest absolute Gasteiger partial charge is 0.252 e.